The van der Waals surface area contributed by atoms with Crippen molar-refractivity contribution in [3.05, 3.63) is 49.4 Å². The zero-order valence-electron chi connectivity index (χ0n) is 10.0. The van der Waals surface area contributed by atoms with E-state index in [9.17, 15) is 4.79 Å². The summed E-state index contributed by atoms with van der Waals surface area (Å²) in [6.07, 6.45) is 0. The summed E-state index contributed by atoms with van der Waals surface area (Å²) >= 11 is 5.69. The number of nitrogens with one attached hydrogen (secondary N) is 1. The molecule has 0 fully saturated rings. The van der Waals surface area contributed by atoms with Crippen LogP contribution in [0.3, 0.4) is 0 Å². The van der Waals surface area contributed by atoms with Crippen molar-refractivity contribution in [1.82, 2.24) is 0 Å². The Bertz CT molecular complexity index is 624. The van der Waals surface area contributed by atoms with Gasteiger partial charge >= 0.3 is 5.97 Å². The molecule has 0 atom stereocenters. The van der Waals surface area contributed by atoms with E-state index >= 15 is 0 Å². The van der Waals surface area contributed by atoms with Gasteiger partial charge in [-0.25, -0.2) is 4.79 Å². The van der Waals surface area contributed by atoms with E-state index in [2.05, 4.69) is 43.8 Å². The number of rotatable bonds is 4. The van der Waals surface area contributed by atoms with Crippen molar-refractivity contribution in [3.8, 4) is 0 Å². The van der Waals surface area contributed by atoms with Gasteiger partial charge in [0.2, 0.25) is 0 Å². The molecular weight excluding hydrogens is 425 g/mol. The zero-order valence-corrected chi connectivity index (χ0v) is 13.8. The summed E-state index contributed by atoms with van der Waals surface area (Å²) in [5.41, 5.74) is 1.15. The predicted molar refractivity (Wildman–Crippen MR) is 84.6 cm³/mol. The molecule has 0 unspecified atom stereocenters. The predicted octanol–water partition coefficient (Wildman–Crippen LogP) is 4.27. The molecule has 100 valence electrons. The number of aryl methyl sites for hydroxylation is 1. The maximum Gasteiger partial charge on any atom is 0.339 e. The molecule has 0 radical (unpaired) electrons. The summed E-state index contributed by atoms with van der Waals surface area (Å²) in [5.74, 6) is 0.0506. The maximum absolute atomic E-state index is 10.9. The molecule has 0 amide bonds. The van der Waals surface area contributed by atoms with Gasteiger partial charge in [0.25, 0.3) is 0 Å². The maximum atomic E-state index is 10.9. The first-order valence-electron chi connectivity index (χ1n) is 5.49. The van der Waals surface area contributed by atoms with Crippen LogP contribution in [0.15, 0.2) is 33.2 Å². The first-order chi connectivity index (χ1) is 8.97. The average molecular weight is 436 g/mol. The Kier molecular flexibility index (Phi) is 4.51. The average Bonchev–Trinajstić information content (AvgIpc) is 2.72. The van der Waals surface area contributed by atoms with Gasteiger partial charge in [0.05, 0.1) is 6.54 Å². The molecule has 1 aromatic heterocycles. The van der Waals surface area contributed by atoms with E-state index in [1.165, 1.54) is 0 Å². The first-order valence-corrected chi connectivity index (χ1v) is 7.36. The van der Waals surface area contributed by atoms with Crippen molar-refractivity contribution in [2.75, 3.05) is 5.32 Å². The van der Waals surface area contributed by atoms with Crippen LogP contribution in [0.4, 0.5) is 5.69 Å². The summed E-state index contributed by atoms with van der Waals surface area (Å²) < 4.78 is 7.48. The minimum Gasteiger partial charge on any atom is -0.478 e. The van der Waals surface area contributed by atoms with Gasteiger partial charge in [0.15, 0.2) is 0 Å². The van der Waals surface area contributed by atoms with E-state index in [0.717, 1.165) is 13.7 Å². The lowest BCUT2D eigenvalue weighted by atomic mass is 10.2. The van der Waals surface area contributed by atoms with Crippen molar-refractivity contribution in [3.63, 3.8) is 0 Å². The Morgan fingerprint density at radius 2 is 2.21 bits per heavy atom. The summed E-state index contributed by atoms with van der Waals surface area (Å²) in [4.78, 5) is 10.9. The molecule has 0 saturated heterocycles. The van der Waals surface area contributed by atoms with Crippen molar-refractivity contribution in [1.29, 1.82) is 0 Å². The van der Waals surface area contributed by atoms with Gasteiger partial charge in [0, 0.05) is 13.7 Å². The highest BCUT2D eigenvalue weighted by atomic mass is 127. The van der Waals surface area contributed by atoms with Crippen LogP contribution in [0.5, 0.6) is 0 Å². The summed E-state index contributed by atoms with van der Waals surface area (Å²) in [5, 5.41) is 12.2. The second-order valence-electron chi connectivity index (χ2n) is 3.97. The molecule has 0 spiro atoms. The van der Waals surface area contributed by atoms with E-state index in [-0.39, 0.29) is 5.56 Å². The fourth-order valence-corrected chi connectivity index (χ4v) is 2.54. The summed E-state index contributed by atoms with van der Waals surface area (Å²) in [6, 6.07) is 7.50. The number of anilines is 1. The summed E-state index contributed by atoms with van der Waals surface area (Å²) in [7, 11) is 0. The topological polar surface area (TPSA) is 62.5 Å². The SMILES string of the molecule is Cc1oc(CNc2cc(I)ccc2Br)cc1C(=O)O. The smallest absolute Gasteiger partial charge is 0.339 e. The van der Waals surface area contributed by atoms with Crippen molar-refractivity contribution in [2.45, 2.75) is 13.5 Å². The Morgan fingerprint density at radius 1 is 1.47 bits per heavy atom. The zero-order chi connectivity index (χ0) is 14.0. The van der Waals surface area contributed by atoms with Crippen LogP contribution in [0.1, 0.15) is 21.9 Å². The van der Waals surface area contributed by atoms with Crippen molar-refractivity contribution >= 4 is 50.2 Å². The molecular formula is C13H11BrINO3. The highest BCUT2D eigenvalue weighted by molar-refractivity contribution is 14.1. The van der Waals surface area contributed by atoms with Gasteiger partial charge < -0.3 is 14.8 Å². The van der Waals surface area contributed by atoms with Gasteiger partial charge in [0.1, 0.15) is 17.1 Å². The molecule has 0 aliphatic rings. The number of hydrogen-bond donors (Lipinski definition) is 2. The van der Waals surface area contributed by atoms with Gasteiger partial charge in [-0.15, -0.1) is 0 Å². The fourth-order valence-electron chi connectivity index (χ4n) is 1.66. The second kappa shape index (κ2) is 5.96. The molecule has 2 rings (SSSR count). The van der Waals surface area contributed by atoms with E-state index in [0.29, 0.717) is 18.1 Å². The highest BCUT2D eigenvalue weighted by Crippen LogP contribution is 2.25. The molecule has 1 heterocycles. The van der Waals surface area contributed by atoms with Crippen molar-refractivity contribution < 1.29 is 14.3 Å². The molecule has 2 aromatic rings. The third-order valence-electron chi connectivity index (χ3n) is 2.58. The van der Waals surface area contributed by atoms with Gasteiger partial charge in [-0.2, -0.15) is 0 Å². The normalized spacial score (nSPS) is 10.5. The van der Waals surface area contributed by atoms with Gasteiger partial charge in [-0.1, -0.05) is 0 Å². The number of halogens is 2. The fraction of sp³-hybridized carbons (Fsp3) is 0.154. The Hall–Kier alpha value is -1.02. The van der Waals surface area contributed by atoms with Crippen LogP contribution >= 0.6 is 38.5 Å². The Morgan fingerprint density at radius 3 is 2.84 bits per heavy atom. The Labute approximate surface area is 132 Å². The monoisotopic (exact) mass is 435 g/mol. The van der Waals surface area contributed by atoms with Crippen molar-refractivity contribution in [2.24, 2.45) is 0 Å². The lowest BCUT2D eigenvalue weighted by Crippen LogP contribution is -1.99. The number of aromatic carboxylic acids is 1. The number of carboxylic acid groups (broad SMARTS) is 1. The van der Waals surface area contributed by atoms with E-state index < -0.39 is 5.97 Å². The quantitative estimate of drug-likeness (QED) is 0.704. The summed E-state index contributed by atoms with van der Waals surface area (Å²) in [6.45, 7) is 2.08. The minimum atomic E-state index is -0.969. The van der Waals surface area contributed by atoms with Crippen LogP contribution in [0.2, 0.25) is 0 Å². The number of hydrogen-bond acceptors (Lipinski definition) is 3. The first kappa shape index (κ1) is 14.4. The third kappa shape index (κ3) is 3.50. The lowest BCUT2D eigenvalue weighted by molar-refractivity contribution is 0.0695. The molecule has 0 aliphatic carbocycles. The number of benzene rings is 1. The molecule has 1 aromatic carbocycles. The standard InChI is InChI=1S/C13H11BrINO3/c1-7-10(13(17)18)5-9(19-7)6-16-12-4-8(15)2-3-11(12)14/h2-5,16H,6H2,1H3,(H,17,18). The van der Waals surface area contributed by atoms with E-state index in [4.69, 9.17) is 9.52 Å². The lowest BCUT2D eigenvalue weighted by Gasteiger charge is -2.07. The molecule has 0 saturated carbocycles. The molecule has 4 nitrogen and oxygen atoms in total. The molecule has 2 N–H and O–H groups in total. The number of furan rings is 1. The van der Waals surface area contributed by atoms with E-state index in [1.54, 1.807) is 13.0 Å². The van der Waals surface area contributed by atoms with Gasteiger partial charge in [-0.05, 0) is 69.7 Å². The second-order valence-corrected chi connectivity index (χ2v) is 6.07. The highest BCUT2D eigenvalue weighted by Gasteiger charge is 2.13. The van der Waals surface area contributed by atoms with Crippen LogP contribution < -0.4 is 5.32 Å². The van der Waals surface area contributed by atoms with Crippen LogP contribution in [-0.4, -0.2) is 11.1 Å². The van der Waals surface area contributed by atoms with Crippen LogP contribution in [-0.2, 0) is 6.54 Å². The largest absolute Gasteiger partial charge is 0.478 e. The van der Waals surface area contributed by atoms with Crippen LogP contribution in [0.25, 0.3) is 0 Å². The van der Waals surface area contributed by atoms with Gasteiger partial charge in [-0.3, -0.25) is 0 Å². The number of carbonyl (C=O) groups is 1. The molecule has 6 heteroatoms. The molecule has 0 bridgehead atoms. The number of carboxylic acids is 1. The Balaban J connectivity index is 2.12. The third-order valence-corrected chi connectivity index (χ3v) is 3.94. The van der Waals surface area contributed by atoms with Crippen LogP contribution in [0, 0.1) is 10.5 Å². The molecule has 19 heavy (non-hydrogen) atoms. The van der Waals surface area contributed by atoms with E-state index in [1.807, 2.05) is 18.2 Å². The molecule has 0 aliphatic heterocycles. The minimum absolute atomic E-state index is 0.207.